The van der Waals surface area contributed by atoms with Gasteiger partial charge in [-0.15, -0.1) is 5.10 Å². The van der Waals surface area contributed by atoms with Gasteiger partial charge in [0.2, 0.25) is 10.8 Å². The molecular formula is C17H19Cl2N4OS+. The van der Waals surface area contributed by atoms with Crippen molar-refractivity contribution >= 4 is 39.5 Å². The summed E-state index contributed by atoms with van der Waals surface area (Å²) in [5.74, 6) is 0.908. The Hall–Kier alpha value is -1.34. The molecule has 1 fully saturated rings. The Morgan fingerprint density at radius 3 is 2.72 bits per heavy atom. The van der Waals surface area contributed by atoms with Crippen molar-refractivity contribution in [1.29, 1.82) is 0 Å². The highest BCUT2D eigenvalue weighted by Gasteiger charge is 2.35. The molecule has 0 bridgehead atoms. The van der Waals surface area contributed by atoms with E-state index in [4.69, 9.17) is 23.2 Å². The maximum atomic E-state index is 10.8. The number of aromatic nitrogens is 3. The Morgan fingerprint density at radius 2 is 2.08 bits per heavy atom. The summed E-state index contributed by atoms with van der Waals surface area (Å²) in [6, 6.07) is 5.55. The third kappa shape index (κ3) is 3.01. The van der Waals surface area contributed by atoms with Gasteiger partial charge in [-0.2, -0.15) is 4.52 Å². The van der Waals surface area contributed by atoms with Gasteiger partial charge < -0.3 is 10.0 Å². The molecule has 0 spiro atoms. The van der Waals surface area contributed by atoms with Gasteiger partial charge in [-0.3, -0.25) is 0 Å². The molecule has 1 aliphatic rings. The lowest BCUT2D eigenvalue weighted by Crippen LogP contribution is -3.10. The number of benzene rings is 1. The summed E-state index contributed by atoms with van der Waals surface area (Å²) in [6.07, 6.45) is 3.10. The van der Waals surface area contributed by atoms with Gasteiger partial charge in [-0.1, -0.05) is 41.5 Å². The molecule has 0 amide bonds. The summed E-state index contributed by atoms with van der Waals surface area (Å²) in [6.45, 7) is 4.11. The average molecular weight is 398 g/mol. The Morgan fingerprint density at radius 1 is 1.32 bits per heavy atom. The van der Waals surface area contributed by atoms with Gasteiger partial charge in [-0.25, -0.2) is 4.98 Å². The molecule has 0 saturated carbocycles. The minimum absolute atomic E-state index is 0.0363. The lowest BCUT2D eigenvalue weighted by Gasteiger charge is -2.24. The molecule has 8 heteroatoms. The van der Waals surface area contributed by atoms with Crippen molar-refractivity contribution in [2.24, 2.45) is 0 Å². The first kappa shape index (κ1) is 17.1. The molecule has 132 valence electrons. The van der Waals surface area contributed by atoms with E-state index in [1.807, 2.05) is 19.1 Å². The first-order valence-corrected chi connectivity index (χ1v) is 10.0. The number of likely N-dealkylation sites (tertiary alicyclic amines) is 1. The number of aromatic hydroxyl groups is 1. The number of nitrogens with one attached hydrogen (secondary N) is 1. The summed E-state index contributed by atoms with van der Waals surface area (Å²) in [4.78, 5) is 7.48. The lowest BCUT2D eigenvalue weighted by atomic mass is 10.0. The first-order valence-electron chi connectivity index (χ1n) is 8.45. The van der Waals surface area contributed by atoms with Crippen LogP contribution in [0.5, 0.6) is 5.88 Å². The average Bonchev–Trinajstić information content (AvgIpc) is 3.29. The van der Waals surface area contributed by atoms with Crippen molar-refractivity contribution < 1.29 is 10.0 Å². The third-order valence-electron chi connectivity index (χ3n) is 4.75. The molecule has 2 aromatic heterocycles. The molecule has 5 nitrogen and oxygen atoms in total. The van der Waals surface area contributed by atoms with Crippen LogP contribution in [0.1, 0.15) is 42.1 Å². The smallest absolute Gasteiger partial charge is 0.235 e. The van der Waals surface area contributed by atoms with Crippen LogP contribution in [0, 0.1) is 0 Å². The second-order valence-electron chi connectivity index (χ2n) is 6.33. The SMILES string of the molecule is CCc1nc2sc([C@@H](c3ccc(Cl)cc3Cl)[NH+]3CCCC3)c(O)n2n1. The second kappa shape index (κ2) is 6.76. The number of quaternary nitrogens is 1. The highest BCUT2D eigenvalue weighted by molar-refractivity contribution is 7.17. The van der Waals surface area contributed by atoms with E-state index in [2.05, 4.69) is 10.1 Å². The quantitative estimate of drug-likeness (QED) is 0.710. The standard InChI is InChI=1S/C17H18Cl2N4OS/c1-2-13-20-17-23(21-13)16(24)15(25-17)14(22-7-3-4-8-22)11-6-5-10(18)9-12(11)19/h5-6,9,14,24H,2-4,7-8H2,1H3/p+1/t14-/m1/s1. The van der Waals surface area contributed by atoms with Gasteiger partial charge >= 0.3 is 0 Å². The van der Waals surface area contributed by atoms with E-state index in [0.29, 0.717) is 10.0 Å². The Labute approximate surface area is 159 Å². The number of hydrogen-bond acceptors (Lipinski definition) is 4. The number of thiazole rings is 1. The lowest BCUT2D eigenvalue weighted by molar-refractivity contribution is -0.913. The number of fused-ring (bicyclic) bond motifs is 1. The van der Waals surface area contributed by atoms with Crippen molar-refractivity contribution in [1.82, 2.24) is 14.6 Å². The molecule has 1 saturated heterocycles. The molecule has 3 heterocycles. The summed E-state index contributed by atoms with van der Waals surface area (Å²) in [5.41, 5.74) is 0.985. The van der Waals surface area contributed by atoms with Gasteiger partial charge in [0.15, 0.2) is 11.9 Å². The van der Waals surface area contributed by atoms with Crippen LogP contribution in [-0.4, -0.2) is 32.8 Å². The number of halogens is 2. The van der Waals surface area contributed by atoms with Crippen LogP contribution in [0.15, 0.2) is 18.2 Å². The monoisotopic (exact) mass is 397 g/mol. The van der Waals surface area contributed by atoms with Crippen LogP contribution in [-0.2, 0) is 6.42 Å². The normalized spacial score (nSPS) is 16.8. The molecule has 2 N–H and O–H groups in total. The fraction of sp³-hybridized carbons (Fsp3) is 0.412. The molecular weight excluding hydrogens is 379 g/mol. The Bertz CT molecular complexity index is 917. The molecule has 1 atom stereocenters. The van der Waals surface area contributed by atoms with Crippen molar-refractivity contribution in [3.05, 3.63) is 44.5 Å². The summed E-state index contributed by atoms with van der Waals surface area (Å²) in [5, 5.41) is 16.5. The predicted molar refractivity (Wildman–Crippen MR) is 100 cm³/mol. The van der Waals surface area contributed by atoms with Crippen LogP contribution in [0.3, 0.4) is 0 Å². The Balaban J connectivity index is 1.85. The largest absolute Gasteiger partial charge is 0.492 e. The summed E-state index contributed by atoms with van der Waals surface area (Å²) < 4.78 is 1.55. The maximum Gasteiger partial charge on any atom is 0.235 e. The zero-order valence-electron chi connectivity index (χ0n) is 13.8. The molecule has 1 aromatic carbocycles. The molecule has 4 rings (SSSR count). The summed E-state index contributed by atoms with van der Waals surface area (Å²) in [7, 11) is 0. The highest BCUT2D eigenvalue weighted by atomic mass is 35.5. The molecule has 0 aliphatic carbocycles. The number of nitrogens with zero attached hydrogens (tertiary/aromatic N) is 3. The van der Waals surface area contributed by atoms with Gasteiger partial charge in [0.05, 0.1) is 18.1 Å². The highest BCUT2D eigenvalue weighted by Crippen LogP contribution is 2.38. The molecule has 1 aliphatic heterocycles. The summed E-state index contributed by atoms with van der Waals surface area (Å²) >= 11 is 14.1. The van der Waals surface area contributed by atoms with Crippen molar-refractivity contribution in [3.63, 3.8) is 0 Å². The number of rotatable bonds is 4. The first-order chi connectivity index (χ1) is 12.1. The number of hydrogen-bond donors (Lipinski definition) is 2. The second-order valence-corrected chi connectivity index (χ2v) is 8.18. The van der Waals surface area contributed by atoms with Crippen LogP contribution in [0.4, 0.5) is 0 Å². The van der Waals surface area contributed by atoms with Crippen LogP contribution in [0.25, 0.3) is 4.96 Å². The Kier molecular flexibility index (Phi) is 4.62. The topological polar surface area (TPSA) is 54.9 Å². The van der Waals surface area contributed by atoms with Gasteiger partial charge in [-0.05, 0) is 18.2 Å². The molecule has 0 unspecified atom stereocenters. The minimum atomic E-state index is -0.0363. The van der Waals surface area contributed by atoms with E-state index >= 15 is 0 Å². The van der Waals surface area contributed by atoms with Crippen molar-refractivity contribution in [2.45, 2.75) is 32.2 Å². The maximum absolute atomic E-state index is 10.8. The minimum Gasteiger partial charge on any atom is -0.492 e. The zero-order valence-corrected chi connectivity index (χ0v) is 16.1. The van der Waals surface area contributed by atoms with E-state index in [0.717, 1.165) is 40.7 Å². The molecule has 0 radical (unpaired) electrons. The van der Waals surface area contributed by atoms with Crippen LogP contribution < -0.4 is 4.90 Å². The fourth-order valence-electron chi connectivity index (χ4n) is 3.53. The van der Waals surface area contributed by atoms with Crippen molar-refractivity contribution in [3.8, 4) is 5.88 Å². The molecule has 25 heavy (non-hydrogen) atoms. The van der Waals surface area contributed by atoms with Gasteiger partial charge in [0.1, 0.15) is 4.88 Å². The van der Waals surface area contributed by atoms with E-state index in [1.54, 1.807) is 10.6 Å². The third-order valence-corrected chi connectivity index (χ3v) is 6.40. The van der Waals surface area contributed by atoms with E-state index < -0.39 is 0 Å². The van der Waals surface area contributed by atoms with Gasteiger partial charge in [0.25, 0.3) is 0 Å². The number of aryl methyl sites for hydroxylation is 1. The van der Waals surface area contributed by atoms with Crippen LogP contribution in [0.2, 0.25) is 10.0 Å². The van der Waals surface area contributed by atoms with Crippen molar-refractivity contribution in [2.75, 3.05) is 13.1 Å². The van der Waals surface area contributed by atoms with E-state index in [9.17, 15) is 5.11 Å². The zero-order chi connectivity index (χ0) is 17.6. The van der Waals surface area contributed by atoms with E-state index in [-0.39, 0.29) is 11.9 Å². The molecule has 3 aromatic rings. The van der Waals surface area contributed by atoms with Crippen LogP contribution >= 0.6 is 34.5 Å². The predicted octanol–water partition coefficient (Wildman–Crippen LogP) is 3.13. The van der Waals surface area contributed by atoms with Gasteiger partial charge in [0, 0.05) is 29.8 Å². The fourth-order valence-corrected chi connectivity index (χ4v) is 5.20. The van der Waals surface area contributed by atoms with E-state index in [1.165, 1.54) is 29.1 Å².